The molecular weight excluding hydrogens is 269 g/mol. The SMILES string of the molecule is Cc1ccc(-c2cccc3ccc(C(=O)O)cc23)c(F)n1. The summed E-state index contributed by atoms with van der Waals surface area (Å²) < 4.78 is 14.1. The van der Waals surface area contributed by atoms with Crippen LogP contribution in [0.4, 0.5) is 4.39 Å². The molecule has 0 unspecified atom stereocenters. The molecule has 0 spiro atoms. The first kappa shape index (κ1) is 13.2. The first-order valence-corrected chi connectivity index (χ1v) is 6.46. The van der Waals surface area contributed by atoms with E-state index in [1.165, 1.54) is 6.07 Å². The Bertz CT molecular complexity index is 859. The van der Waals surface area contributed by atoms with Crippen molar-refractivity contribution in [1.82, 2.24) is 4.98 Å². The highest BCUT2D eigenvalue weighted by molar-refractivity contribution is 6.01. The Labute approximate surface area is 120 Å². The maximum atomic E-state index is 14.1. The molecule has 21 heavy (non-hydrogen) atoms. The van der Waals surface area contributed by atoms with E-state index < -0.39 is 11.9 Å². The van der Waals surface area contributed by atoms with Gasteiger partial charge in [0.15, 0.2) is 0 Å². The predicted molar refractivity (Wildman–Crippen MR) is 78.8 cm³/mol. The third kappa shape index (κ3) is 2.36. The zero-order valence-electron chi connectivity index (χ0n) is 11.3. The van der Waals surface area contributed by atoms with Crippen molar-refractivity contribution < 1.29 is 14.3 Å². The number of hydrogen-bond donors (Lipinski definition) is 1. The summed E-state index contributed by atoms with van der Waals surface area (Å²) in [6.07, 6.45) is 0. The number of pyridine rings is 1. The van der Waals surface area contributed by atoms with Gasteiger partial charge in [0.2, 0.25) is 5.95 Å². The van der Waals surface area contributed by atoms with Crippen molar-refractivity contribution in [3.63, 3.8) is 0 Å². The van der Waals surface area contributed by atoms with Crippen molar-refractivity contribution in [1.29, 1.82) is 0 Å². The number of hydrogen-bond acceptors (Lipinski definition) is 2. The number of carbonyl (C=O) groups is 1. The molecule has 0 radical (unpaired) electrons. The summed E-state index contributed by atoms with van der Waals surface area (Å²) >= 11 is 0. The van der Waals surface area contributed by atoms with Gasteiger partial charge in [-0.05, 0) is 47.5 Å². The lowest BCUT2D eigenvalue weighted by molar-refractivity contribution is 0.0697. The number of benzene rings is 2. The summed E-state index contributed by atoms with van der Waals surface area (Å²) in [7, 11) is 0. The summed E-state index contributed by atoms with van der Waals surface area (Å²) in [5, 5.41) is 10.7. The Hall–Kier alpha value is -2.75. The lowest BCUT2D eigenvalue weighted by Gasteiger charge is -2.09. The lowest BCUT2D eigenvalue weighted by atomic mass is 9.97. The van der Waals surface area contributed by atoms with Crippen LogP contribution in [0.1, 0.15) is 16.1 Å². The van der Waals surface area contributed by atoms with Crippen LogP contribution in [0.15, 0.2) is 48.5 Å². The Kier molecular flexibility index (Phi) is 3.14. The zero-order valence-corrected chi connectivity index (χ0v) is 11.3. The minimum absolute atomic E-state index is 0.176. The fourth-order valence-corrected chi connectivity index (χ4v) is 2.37. The van der Waals surface area contributed by atoms with Gasteiger partial charge < -0.3 is 5.11 Å². The molecule has 3 rings (SSSR count). The predicted octanol–water partition coefficient (Wildman–Crippen LogP) is 4.05. The molecule has 0 aliphatic rings. The summed E-state index contributed by atoms with van der Waals surface area (Å²) in [6, 6.07) is 13.7. The molecule has 3 nitrogen and oxygen atoms in total. The van der Waals surface area contributed by atoms with E-state index in [1.54, 1.807) is 37.3 Å². The third-order valence-corrected chi connectivity index (χ3v) is 3.41. The van der Waals surface area contributed by atoms with Crippen molar-refractivity contribution in [2.45, 2.75) is 6.92 Å². The van der Waals surface area contributed by atoms with Crippen LogP contribution in [-0.4, -0.2) is 16.1 Å². The van der Waals surface area contributed by atoms with Gasteiger partial charge in [0.1, 0.15) is 0 Å². The van der Waals surface area contributed by atoms with Gasteiger partial charge in [-0.3, -0.25) is 0 Å². The van der Waals surface area contributed by atoms with E-state index in [4.69, 9.17) is 5.11 Å². The molecule has 0 atom stereocenters. The topological polar surface area (TPSA) is 50.2 Å². The van der Waals surface area contributed by atoms with Gasteiger partial charge in [0.05, 0.1) is 5.56 Å². The molecular formula is C17H12FNO2. The number of rotatable bonds is 2. The van der Waals surface area contributed by atoms with Gasteiger partial charge in [-0.25, -0.2) is 9.78 Å². The number of carboxylic acids is 1. The number of carboxylic acid groups (broad SMARTS) is 1. The maximum Gasteiger partial charge on any atom is 0.335 e. The van der Waals surface area contributed by atoms with Crippen molar-refractivity contribution in [3.8, 4) is 11.1 Å². The van der Waals surface area contributed by atoms with Crippen molar-refractivity contribution in [3.05, 3.63) is 65.7 Å². The molecule has 1 N–H and O–H groups in total. The number of fused-ring (bicyclic) bond motifs is 1. The molecule has 1 aromatic heterocycles. The van der Waals surface area contributed by atoms with E-state index in [-0.39, 0.29) is 5.56 Å². The lowest BCUT2D eigenvalue weighted by Crippen LogP contribution is -1.97. The van der Waals surface area contributed by atoms with E-state index in [1.807, 2.05) is 12.1 Å². The van der Waals surface area contributed by atoms with E-state index in [9.17, 15) is 9.18 Å². The first-order valence-electron chi connectivity index (χ1n) is 6.46. The highest BCUT2D eigenvalue weighted by atomic mass is 19.1. The van der Waals surface area contributed by atoms with Gasteiger partial charge in [-0.2, -0.15) is 4.39 Å². The Morgan fingerprint density at radius 2 is 1.90 bits per heavy atom. The van der Waals surface area contributed by atoms with E-state index in [0.29, 0.717) is 22.2 Å². The van der Waals surface area contributed by atoms with Crippen molar-refractivity contribution in [2.75, 3.05) is 0 Å². The summed E-state index contributed by atoms with van der Waals surface area (Å²) in [6.45, 7) is 1.72. The van der Waals surface area contributed by atoms with Crippen LogP contribution in [0.3, 0.4) is 0 Å². The van der Waals surface area contributed by atoms with Crippen LogP contribution in [0.25, 0.3) is 21.9 Å². The van der Waals surface area contributed by atoms with Gasteiger partial charge in [-0.1, -0.05) is 24.3 Å². The average molecular weight is 281 g/mol. The number of aromatic carboxylic acids is 1. The highest BCUT2D eigenvalue weighted by Crippen LogP contribution is 2.30. The first-order chi connectivity index (χ1) is 10.1. The van der Waals surface area contributed by atoms with Gasteiger partial charge in [-0.15, -0.1) is 0 Å². The summed E-state index contributed by atoms with van der Waals surface area (Å²) in [4.78, 5) is 14.9. The molecule has 0 saturated heterocycles. The van der Waals surface area contributed by atoms with Gasteiger partial charge in [0.25, 0.3) is 0 Å². The molecule has 0 aliphatic heterocycles. The second-order valence-electron chi connectivity index (χ2n) is 4.84. The fraction of sp³-hybridized carbons (Fsp3) is 0.0588. The summed E-state index contributed by atoms with van der Waals surface area (Å²) in [5.74, 6) is -1.56. The highest BCUT2D eigenvalue weighted by Gasteiger charge is 2.12. The maximum absolute atomic E-state index is 14.1. The Morgan fingerprint density at radius 1 is 1.10 bits per heavy atom. The number of halogens is 1. The fourth-order valence-electron chi connectivity index (χ4n) is 2.37. The van der Waals surface area contributed by atoms with Crippen LogP contribution in [-0.2, 0) is 0 Å². The van der Waals surface area contributed by atoms with Crippen LogP contribution < -0.4 is 0 Å². The van der Waals surface area contributed by atoms with Crippen LogP contribution in [0.5, 0.6) is 0 Å². The smallest absolute Gasteiger partial charge is 0.335 e. The molecule has 0 saturated carbocycles. The average Bonchev–Trinajstić information content (AvgIpc) is 2.46. The van der Waals surface area contributed by atoms with Crippen LogP contribution in [0.2, 0.25) is 0 Å². The molecule has 0 aliphatic carbocycles. The molecule has 104 valence electrons. The summed E-state index contributed by atoms with van der Waals surface area (Å²) in [5.41, 5.74) is 1.78. The Balaban J connectivity index is 2.31. The standard InChI is InChI=1S/C17H12FNO2/c1-10-5-8-14(16(18)19-10)13-4-2-3-11-6-7-12(17(20)21)9-15(11)13/h2-9H,1H3,(H,20,21). The number of nitrogens with zero attached hydrogens (tertiary/aromatic N) is 1. The number of aromatic nitrogens is 1. The number of aryl methyl sites for hydroxylation is 1. The van der Waals surface area contributed by atoms with E-state index in [2.05, 4.69) is 4.98 Å². The van der Waals surface area contributed by atoms with Gasteiger partial charge in [0, 0.05) is 11.3 Å². The Morgan fingerprint density at radius 3 is 2.62 bits per heavy atom. The molecule has 3 aromatic rings. The molecule has 4 heteroatoms. The van der Waals surface area contributed by atoms with Crippen LogP contribution in [0, 0.1) is 12.9 Å². The molecule has 0 fully saturated rings. The molecule has 0 bridgehead atoms. The van der Waals surface area contributed by atoms with Crippen molar-refractivity contribution in [2.24, 2.45) is 0 Å². The monoisotopic (exact) mass is 281 g/mol. The van der Waals surface area contributed by atoms with E-state index in [0.717, 1.165) is 5.39 Å². The zero-order chi connectivity index (χ0) is 15.0. The second-order valence-corrected chi connectivity index (χ2v) is 4.84. The third-order valence-electron chi connectivity index (χ3n) is 3.41. The molecule has 1 heterocycles. The second kappa shape index (κ2) is 4.98. The normalized spacial score (nSPS) is 10.8. The quantitative estimate of drug-likeness (QED) is 0.721. The minimum Gasteiger partial charge on any atom is -0.478 e. The van der Waals surface area contributed by atoms with Gasteiger partial charge >= 0.3 is 5.97 Å². The van der Waals surface area contributed by atoms with Crippen LogP contribution >= 0.6 is 0 Å². The van der Waals surface area contributed by atoms with Crippen molar-refractivity contribution >= 4 is 16.7 Å². The molecule has 2 aromatic carbocycles. The molecule has 0 amide bonds. The minimum atomic E-state index is -1.01. The van der Waals surface area contributed by atoms with E-state index >= 15 is 0 Å². The largest absolute Gasteiger partial charge is 0.478 e.